The average molecular weight is 261 g/mol. The van der Waals surface area contributed by atoms with Crippen LogP contribution in [0.2, 0.25) is 0 Å². The number of aromatic nitrogens is 2. The summed E-state index contributed by atoms with van der Waals surface area (Å²) in [5, 5.41) is 2.88. The molecule has 0 aromatic carbocycles. The molecule has 1 atom stereocenters. The first kappa shape index (κ1) is 12.7. The molecule has 2 heterocycles. The van der Waals surface area contributed by atoms with Crippen molar-refractivity contribution in [3.8, 4) is 0 Å². The summed E-state index contributed by atoms with van der Waals surface area (Å²) >= 11 is 1.57. The predicted octanol–water partition coefficient (Wildman–Crippen LogP) is 2.30. The molecule has 18 heavy (non-hydrogen) atoms. The van der Waals surface area contributed by atoms with Gasteiger partial charge in [0.25, 0.3) is 0 Å². The molecule has 0 N–H and O–H groups in total. The van der Waals surface area contributed by atoms with Crippen LogP contribution in [0.15, 0.2) is 36.1 Å². The van der Waals surface area contributed by atoms with E-state index in [4.69, 9.17) is 0 Å². The molecular weight excluding hydrogens is 246 g/mol. The van der Waals surface area contributed by atoms with E-state index in [1.165, 1.54) is 0 Å². The fourth-order valence-electron chi connectivity index (χ4n) is 1.62. The van der Waals surface area contributed by atoms with Crippen LogP contribution < -0.4 is 0 Å². The van der Waals surface area contributed by atoms with Gasteiger partial charge in [-0.25, -0.2) is 4.98 Å². The van der Waals surface area contributed by atoms with E-state index in [0.29, 0.717) is 6.42 Å². The molecule has 0 unspecified atom stereocenters. The van der Waals surface area contributed by atoms with Crippen LogP contribution in [0.25, 0.3) is 0 Å². The highest BCUT2D eigenvalue weighted by atomic mass is 32.1. The smallest absolute Gasteiger partial charge is 0.227 e. The Morgan fingerprint density at radius 3 is 2.94 bits per heavy atom. The molecule has 0 fully saturated rings. The van der Waals surface area contributed by atoms with Gasteiger partial charge in [-0.3, -0.25) is 9.78 Å². The lowest BCUT2D eigenvalue weighted by Gasteiger charge is -2.23. The Kier molecular flexibility index (Phi) is 4.04. The van der Waals surface area contributed by atoms with E-state index in [1.54, 1.807) is 34.8 Å². The molecule has 94 valence electrons. The quantitative estimate of drug-likeness (QED) is 0.848. The zero-order chi connectivity index (χ0) is 13.0. The Hall–Kier alpha value is -1.75. The fraction of sp³-hybridized carbons (Fsp3) is 0.308. The number of pyridine rings is 1. The molecule has 0 radical (unpaired) electrons. The number of nitrogens with zero attached hydrogens (tertiary/aromatic N) is 3. The van der Waals surface area contributed by atoms with Crippen molar-refractivity contribution in [2.75, 3.05) is 7.05 Å². The summed E-state index contributed by atoms with van der Waals surface area (Å²) in [6.45, 7) is 1.99. The second kappa shape index (κ2) is 5.73. The van der Waals surface area contributed by atoms with Crippen LogP contribution in [-0.4, -0.2) is 27.8 Å². The minimum Gasteiger partial charge on any atom is -0.336 e. The van der Waals surface area contributed by atoms with Gasteiger partial charge in [0.2, 0.25) is 5.91 Å². The van der Waals surface area contributed by atoms with Crippen molar-refractivity contribution in [2.45, 2.75) is 19.4 Å². The molecule has 0 saturated carbocycles. The van der Waals surface area contributed by atoms with E-state index in [9.17, 15) is 4.79 Å². The Balaban J connectivity index is 2.01. The maximum Gasteiger partial charge on any atom is 0.227 e. The van der Waals surface area contributed by atoms with E-state index in [0.717, 1.165) is 10.6 Å². The number of carbonyl (C=O) groups is 1. The lowest BCUT2D eigenvalue weighted by molar-refractivity contribution is -0.131. The Labute approximate surface area is 110 Å². The first-order chi connectivity index (χ1) is 8.68. The van der Waals surface area contributed by atoms with Gasteiger partial charge in [0.1, 0.15) is 5.01 Å². The number of carbonyl (C=O) groups excluding carboxylic acids is 1. The molecule has 0 saturated heterocycles. The second-order valence-electron chi connectivity index (χ2n) is 4.09. The van der Waals surface area contributed by atoms with Crippen molar-refractivity contribution in [1.82, 2.24) is 14.9 Å². The zero-order valence-corrected chi connectivity index (χ0v) is 11.2. The van der Waals surface area contributed by atoms with Crippen molar-refractivity contribution in [1.29, 1.82) is 0 Å². The van der Waals surface area contributed by atoms with Crippen molar-refractivity contribution in [3.05, 3.63) is 46.7 Å². The highest BCUT2D eigenvalue weighted by molar-refractivity contribution is 7.09. The SMILES string of the molecule is C[C@@H](c1nccs1)N(C)C(=O)Cc1cccnc1. The molecule has 0 aliphatic heterocycles. The van der Waals surface area contributed by atoms with Crippen LogP contribution in [0.1, 0.15) is 23.5 Å². The predicted molar refractivity (Wildman–Crippen MR) is 71.2 cm³/mol. The summed E-state index contributed by atoms with van der Waals surface area (Å²) in [6.07, 6.45) is 5.56. The lowest BCUT2D eigenvalue weighted by atomic mass is 10.2. The molecule has 0 spiro atoms. The summed E-state index contributed by atoms with van der Waals surface area (Å²) in [6, 6.07) is 3.76. The van der Waals surface area contributed by atoms with E-state index in [-0.39, 0.29) is 11.9 Å². The van der Waals surface area contributed by atoms with Crippen LogP contribution in [0.5, 0.6) is 0 Å². The van der Waals surface area contributed by atoms with E-state index in [2.05, 4.69) is 9.97 Å². The van der Waals surface area contributed by atoms with Crippen LogP contribution in [-0.2, 0) is 11.2 Å². The highest BCUT2D eigenvalue weighted by Gasteiger charge is 2.19. The van der Waals surface area contributed by atoms with Crippen molar-refractivity contribution >= 4 is 17.2 Å². The van der Waals surface area contributed by atoms with Crippen molar-refractivity contribution < 1.29 is 4.79 Å². The Morgan fingerprint density at radius 1 is 1.50 bits per heavy atom. The minimum atomic E-state index is 0.00849. The summed E-state index contributed by atoms with van der Waals surface area (Å²) in [7, 11) is 1.81. The van der Waals surface area contributed by atoms with E-state index < -0.39 is 0 Å². The number of hydrogen-bond acceptors (Lipinski definition) is 4. The molecule has 4 nitrogen and oxygen atoms in total. The van der Waals surface area contributed by atoms with Crippen molar-refractivity contribution in [3.63, 3.8) is 0 Å². The molecule has 0 aliphatic rings. The Morgan fingerprint density at radius 2 is 2.33 bits per heavy atom. The first-order valence-electron chi connectivity index (χ1n) is 5.72. The van der Waals surface area contributed by atoms with Crippen molar-refractivity contribution in [2.24, 2.45) is 0 Å². The van der Waals surface area contributed by atoms with Gasteiger partial charge in [0.05, 0.1) is 12.5 Å². The molecule has 2 aromatic heterocycles. The molecular formula is C13H15N3OS. The van der Waals surface area contributed by atoms with E-state index >= 15 is 0 Å². The first-order valence-corrected chi connectivity index (χ1v) is 6.60. The lowest BCUT2D eigenvalue weighted by Crippen LogP contribution is -2.30. The largest absolute Gasteiger partial charge is 0.336 e. The molecule has 2 rings (SSSR count). The summed E-state index contributed by atoms with van der Waals surface area (Å²) in [4.78, 5) is 22.1. The summed E-state index contributed by atoms with van der Waals surface area (Å²) < 4.78 is 0. The Bertz CT molecular complexity index is 498. The highest BCUT2D eigenvalue weighted by Crippen LogP contribution is 2.21. The molecule has 2 aromatic rings. The minimum absolute atomic E-state index is 0.00849. The number of rotatable bonds is 4. The maximum atomic E-state index is 12.1. The average Bonchev–Trinajstić information content (AvgIpc) is 2.92. The summed E-state index contributed by atoms with van der Waals surface area (Å²) in [5.41, 5.74) is 0.931. The number of thiazole rings is 1. The van der Waals surface area contributed by atoms with Gasteiger partial charge in [-0.15, -0.1) is 11.3 Å². The van der Waals surface area contributed by atoms with Crippen LogP contribution in [0.3, 0.4) is 0 Å². The van der Waals surface area contributed by atoms with Crippen LogP contribution >= 0.6 is 11.3 Å². The van der Waals surface area contributed by atoms with Gasteiger partial charge in [-0.2, -0.15) is 0 Å². The third kappa shape index (κ3) is 2.92. The molecule has 0 bridgehead atoms. The third-order valence-electron chi connectivity index (χ3n) is 2.86. The van der Waals surface area contributed by atoms with Crippen LogP contribution in [0, 0.1) is 0 Å². The molecule has 0 aliphatic carbocycles. The number of hydrogen-bond donors (Lipinski definition) is 0. The third-order valence-corrected chi connectivity index (χ3v) is 3.81. The molecule has 5 heteroatoms. The molecule has 1 amide bonds. The zero-order valence-electron chi connectivity index (χ0n) is 10.4. The topological polar surface area (TPSA) is 46.1 Å². The van der Waals surface area contributed by atoms with Crippen LogP contribution in [0.4, 0.5) is 0 Å². The van der Waals surface area contributed by atoms with E-state index in [1.807, 2.05) is 31.5 Å². The number of likely N-dealkylation sites (N-methyl/N-ethyl adjacent to an activating group) is 1. The normalized spacial score (nSPS) is 12.1. The summed E-state index contributed by atoms with van der Waals surface area (Å²) in [5.74, 6) is 0.0747. The monoisotopic (exact) mass is 261 g/mol. The van der Waals surface area contributed by atoms with Gasteiger partial charge >= 0.3 is 0 Å². The number of amides is 1. The van der Waals surface area contributed by atoms with Gasteiger partial charge in [-0.05, 0) is 18.6 Å². The fourth-order valence-corrected chi connectivity index (χ4v) is 2.36. The second-order valence-corrected chi connectivity index (χ2v) is 5.02. The van der Waals surface area contributed by atoms with Gasteiger partial charge in [0.15, 0.2) is 0 Å². The van der Waals surface area contributed by atoms with Gasteiger partial charge in [-0.1, -0.05) is 6.07 Å². The van der Waals surface area contributed by atoms with Gasteiger partial charge in [0, 0.05) is 31.0 Å². The van der Waals surface area contributed by atoms with Gasteiger partial charge < -0.3 is 4.90 Å². The maximum absolute atomic E-state index is 12.1. The standard InChI is InChI=1S/C13H15N3OS/c1-10(13-15-6-7-18-13)16(2)12(17)8-11-4-3-5-14-9-11/h3-7,9-10H,8H2,1-2H3/t10-/m0/s1.